The van der Waals surface area contributed by atoms with Crippen molar-refractivity contribution in [2.45, 2.75) is 24.7 Å². The number of carbonyl (C=O) groups is 2. The van der Waals surface area contributed by atoms with Crippen LogP contribution in [-0.4, -0.2) is 46.9 Å². The van der Waals surface area contributed by atoms with Gasteiger partial charge in [-0.2, -0.15) is 0 Å². The Labute approximate surface area is 126 Å². The molecule has 6 nitrogen and oxygen atoms in total. The number of amides is 1. The van der Waals surface area contributed by atoms with E-state index in [1.54, 1.807) is 6.08 Å². The summed E-state index contributed by atoms with van der Waals surface area (Å²) in [6, 6.07) is 4.87. The summed E-state index contributed by atoms with van der Waals surface area (Å²) >= 11 is 0. The van der Waals surface area contributed by atoms with E-state index in [1.807, 2.05) is 0 Å². The Balaban J connectivity index is 2.07. The van der Waals surface area contributed by atoms with Crippen molar-refractivity contribution in [1.29, 1.82) is 0 Å². The first kappa shape index (κ1) is 16.1. The maximum atomic E-state index is 13.6. The molecule has 0 radical (unpaired) electrons. The maximum absolute atomic E-state index is 13.6. The summed E-state index contributed by atoms with van der Waals surface area (Å²) in [6.07, 6.45) is 1.37. The van der Waals surface area contributed by atoms with Gasteiger partial charge in [-0.05, 0) is 12.1 Å². The highest BCUT2D eigenvalue weighted by atomic mass is 19.1. The third-order valence-corrected chi connectivity index (χ3v) is 3.26. The normalized spacial score (nSPS) is 24.0. The number of carboxylic acids is 1. The van der Waals surface area contributed by atoms with Crippen LogP contribution >= 0.6 is 0 Å². The predicted octanol–water partition coefficient (Wildman–Crippen LogP) is 0.715. The largest absolute Gasteiger partial charge is 0.481 e. The average molecular weight is 309 g/mol. The van der Waals surface area contributed by atoms with E-state index < -0.39 is 42.6 Å². The number of carbonyl (C=O) groups excluding carboxylic acids is 1. The van der Waals surface area contributed by atoms with E-state index in [1.165, 1.54) is 30.3 Å². The molecule has 0 fully saturated rings. The number of hydrogen-bond donors (Lipinski definition) is 3. The van der Waals surface area contributed by atoms with Crippen LogP contribution in [0.2, 0.25) is 0 Å². The Kier molecular flexibility index (Phi) is 5.24. The lowest BCUT2D eigenvalue weighted by Gasteiger charge is -2.31. The first-order chi connectivity index (χ1) is 10.5. The third-order valence-electron chi connectivity index (χ3n) is 3.26. The van der Waals surface area contributed by atoms with E-state index in [-0.39, 0.29) is 12.0 Å². The summed E-state index contributed by atoms with van der Waals surface area (Å²) < 4.78 is 19.0. The van der Waals surface area contributed by atoms with Crippen LogP contribution in [0.25, 0.3) is 0 Å². The zero-order chi connectivity index (χ0) is 16.1. The number of halogens is 1. The van der Waals surface area contributed by atoms with Crippen LogP contribution < -0.4 is 5.32 Å². The van der Waals surface area contributed by atoms with Crippen LogP contribution in [0.1, 0.15) is 16.8 Å². The van der Waals surface area contributed by atoms with Crippen LogP contribution in [0, 0.1) is 5.82 Å². The van der Waals surface area contributed by atoms with E-state index in [9.17, 15) is 19.1 Å². The van der Waals surface area contributed by atoms with Gasteiger partial charge in [0.1, 0.15) is 11.9 Å². The second kappa shape index (κ2) is 7.15. The van der Waals surface area contributed by atoms with Crippen molar-refractivity contribution in [2.75, 3.05) is 6.61 Å². The molecule has 1 aliphatic rings. The summed E-state index contributed by atoms with van der Waals surface area (Å²) in [5.74, 6) is -2.31. The standard InChI is InChI=1S/C15H16FNO5/c16-11-4-2-1-3-10(11)15(21)17-12-6-5-9(7-14(19)20)22-13(12)8-18/h1-6,9,12-13,18H,7-8H2,(H,17,21)(H,19,20)/t9-,12-,13+/m0/s1. The quantitative estimate of drug-likeness (QED) is 0.696. The van der Waals surface area contributed by atoms with Crippen molar-refractivity contribution in [1.82, 2.24) is 5.32 Å². The molecule has 1 aliphatic heterocycles. The van der Waals surface area contributed by atoms with Crippen molar-refractivity contribution in [2.24, 2.45) is 0 Å². The Hall–Kier alpha value is -2.25. The zero-order valence-corrected chi connectivity index (χ0v) is 11.6. The number of aliphatic hydroxyl groups excluding tert-OH is 1. The van der Waals surface area contributed by atoms with Gasteiger partial charge in [0.15, 0.2) is 0 Å². The molecule has 3 N–H and O–H groups in total. The summed E-state index contributed by atoms with van der Waals surface area (Å²) in [4.78, 5) is 22.7. The predicted molar refractivity (Wildman–Crippen MR) is 74.8 cm³/mol. The van der Waals surface area contributed by atoms with Gasteiger partial charge in [0.25, 0.3) is 5.91 Å². The zero-order valence-electron chi connectivity index (χ0n) is 11.6. The van der Waals surface area contributed by atoms with Gasteiger partial charge in [-0.3, -0.25) is 9.59 Å². The lowest BCUT2D eigenvalue weighted by atomic mass is 10.0. The van der Waals surface area contributed by atoms with Gasteiger partial charge in [0, 0.05) is 0 Å². The number of ether oxygens (including phenoxy) is 1. The Morgan fingerprint density at radius 2 is 2.00 bits per heavy atom. The topological polar surface area (TPSA) is 95.9 Å². The van der Waals surface area contributed by atoms with Gasteiger partial charge < -0.3 is 20.3 Å². The molecular formula is C15H16FNO5. The minimum Gasteiger partial charge on any atom is -0.481 e. The molecule has 0 saturated carbocycles. The number of nitrogens with one attached hydrogen (secondary N) is 1. The van der Waals surface area contributed by atoms with Crippen LogP contribution in [0.15, 0.2) is 36.4 Å². The number of carboxylic acid groups (broad SMARTS) is 1. The molecule has 3 atom stereocenters. The molecule has 0 unspecified atom stereocenters. The van der Waals surface area contributed by atoms with Gasteiger partial charge >= 0.3 is 5.97 Å². The highest BCUT2D eigenvalue weighted by Crippen LogP contribution is 2.16. The van der Waals surface area contributed by atoms with Gasteiger partial charge in [-0.25, -0.2) is 4.39 Å². The molecule has 1 amide bonds. The molecule has 1 aromatic rings. The molecule has 0 bridgehead atoms. The molecule has 2 rings (SSSR count). The minimum atomic E-state index is -1.03. The van der Waals surface area contributed by atoms with E-state index in [2.05, 4.69) is 5.32 Å². The summed E-state index contributed by atoms with van der Waals surface area (Å²) in [7, 11) is 0. The monoisotopic (exact) mass is 309 g/mol. The number of hydrogen-bond acceptors (Lipinski definition) is 4. The molecule has 1 heterocycles. The van der Waals surface area contributed by atoms with Crippen molar-refractivity contribution in [3.8, 4) is 0 Å². The smallest absolute Gasteiger partial charge is 0.306 e. The molecule has 1 aromatic carbocycles. The number of aliphatic hydroxyl groups is 1. The van der Waals surface area contributed by atoms with E-state index in [0.717, 1.165) is 0 Å². The lowest BCUT2D eigenvalue weighted by molar-refractivity contribution is -0.141. The van der Waals surface area contributed by atoms with Crippen LogP contribution in [0.4, 0.5) is 4.39 Å². The molecule has 7 heteroatoms. The second-order valence-corrected chi connectivity index (χ2v) is 4.86. The molecule has 0 saturated heterocycles. The molecule has 118 valence electrons. The number of rotatable bonds is 5. The van der Waals surface area contributed by atoms with Gasteiger partial charge in [0.05, 0.1) is 30.7 Å². The van der Waals surface area contributed by atoms with Crippen LogP contribution in [0.3, 0.4) is 0 Å². The summed E-state index contributed by atoms with van der Waals surface area (Å²) in [6.45, 7) is -0.400. The SMILES string of the molecule is O=C(O)C[C@@H]1C=C[C@H](NC(=O)c2ccccc2F)[C@@H](CO)O1. The molecule has 0 spiro atoms. The average Bonchev–Trinajstić information content (AvgIpc) is 2.48. The van der Waals surface area contributed by atoms with Gasteiger partial charge in [-0.1, -0.05) is 24.3 Å². The van der Waals surface area contributed by atoms with Crippen molar-refractivity contribution < 1.29 is 28.9 Å². The van der Waals surface area contributed by atoms with Crippen molar-refractivity contribution in [3.05, 3.63) is 47.8 Å². The maximum Gasteiger partial charge on any atom is 0.306 e. The fraction of sp³-hybridized carbons (Fsp3) is 0.333. The summed E-state index contributed by atoms with van der Waals surface area (Å²) in [5, 5.41) is 20.6. The highest BCUT2D eigenvalue weighted by molar-refractivity contribution is 5.94. The number of aliphatic carboxylic acids is 1. The molecule has 0 aromatic heterocycles. The summed E-state index contributed by atoms with van der Waals surface area (Å²) in [5.41, 5.74) is -0.111. The Morgan fingerprint density at radius 1 is 1.27 bits per heavy atom. The molecular weight excluding hydrogens is 293 g/mol. The van der Waals surface area contributed by atoms with E-state index in [0.29, 0.717) is 0 Å². The van der Waals surface area contributed by atoms with Crippen molar-refractivity contribution in [3.63, 3.8) is 0 Å². The first-order valence-electron chi connectivity index (χ1n) is 6.73. The Morgan fingerprint density at radius 3 is 2.64 bits per heavy atom. The van der Waals surface area contributed by atoms with Crippen LogP contribution in [0.5, 0.6) is 0 Å². The van der Waals surface area contributed by atoms with Gasteiger partial charge in [-0.15, -0.1) is 0 Å². The van der Waals surface area contributed by atoms with Crippen LogP contribution in [-0.2, 0) is 9.53 Å². The van der Waals surface area contributed by atoms with E-state index >= 15 is 0 Å². The van der Waals surface area contributed by atoms with Gasteiger partial charge in [0.2, 0.25) is 0 Å². The molecule has 22 heavy (non-hydrogen) atoms. The number of benzene rings is 1. The van der Waals surface area contributed by atoms with Crippen molar-refractivity contribution >= 4 is 11.9 Å². The third kappa shape index (κ3) is 3.90. The Bertz CT molecular complexity index is 589. The lowest BCUT2D eigenvalue weighted by Crippen LogP contribution is -2.48. The minimum absolute atomic E-state index is 0.111. The fourth-order valence-electron chi connectivity index (χ4n) is 2.18. The second-order valence-electron chi connectivity index (χ2n) is 4.86. The van der Waals surface area contributed by atoms with E-state index in [4.69, 9.17) is 9.84 Å². The highest BCUT2D eigenvalue weighted by Gasteiger charge is 2.29. The fourth-order valence-corrected chi connectivity index (χ4v) is 2.18. The molecule has 0 aliphatic carbocycles. The first-order valence-corrected chi connectivity index (χ1v) is 6.73.